The molecule has 21 heavy (non-hydrogen) atoms. The number of nitrogens with zero attached hydrogens (tertiary/aromatic N) is 1. The molecule has 1 aliphatic carbocycles. The molecule has 0 bridgehead atoms. The van der Waals surface area contributed by atoms with Gasteiger partial charge in [-0.25, -0.2) is 4.99 Å². The number of amides is 1. The summed E-state index contributed by atoms with van der Waals surface area (Å²) in [6.07, 6.45) is 2.15. The molecule has 0 saturated carbocycles. The molecule has 1 atom stereocenters. The Morgan fingerprint density at radius 3 is 2.67 bits per heavy atom. The van der Waals surface area contributed by atoms with Gasteiger partial charge in [-0.3, -0.25) is 4.79 Å². The summed E-state index contributed by atoms with van der Waals surface area (Å²) in [5, 5.41) is 3.56. The van der Waals surface area contributed by atoms with Gasteiger partial charge in [0, 0.05) is 10.5 Å². The molecule has 102 valence electrons. The summed E-state index contributed by atoms with van der Waals surface area (Å²) in [4.78, 5) is 18.0. The maximum Gasteiger partial charge on any atom is 0.257 e. The first kappa shape index (κ1) is 12.4. The van der Waals surface area contributed by atoms with E-state index < -0.39 is 0 Å². The van der Waals surface area contributed by atoms with E-state index in [1.807, 2.05) is 30.3 Å². The third-order valence-electron chi connectivity index (χ3n) is 3.58. The average molecular weight is 292 g/mol. The van der Waals surface area contributed by atoms with Crippen LogP contribution in [0.15, 0.2) is 64.5 Å². The maximum atomic E-state index is 12.1. The van der Waals surface area contributed by atoms with Crippen molar-refractivity contribution in [3.05, 3.63) is 76.2 Å². The van der Waals surface area contributed by atoms with Crippen LogP contribution in [0.3, 0.4) is 0 Å². The molecule has 1 N–H and O–H groups in total. The summed E-state index contributed by atoms with van der Waals surface area (Å²) in [7, 11) is 0. The van der Waals surface area contributed by atoms with Crippen LogP contribution in [0.4, 0.5) is 0 Å². The number of hydrogen-bond acceptors (Lipinski definition) is 3. The Kier molecular flexibility index (Phi) is 2.89. The van der Waals surface area contributed by atoms with Crippen molar-refractivity contribution in [1.82, 2.24) is 5.32 Å². The van der Waals surface area contributed by atoms with Gasteiger partial charge in [-0.05, 0) is 29.3 Å². The standard InChI is InChI=1S/C17H12N2OS/c20-16(11-6-2-1-3-7-11)19-17-18-15-13-9-5-4-8-12(13)10-14(15)21-17/h1-10,15H,(H,18,19,20). The Labute approximate surface area is 126 Å². The van der Waals surface area contributed by atoms with Crippen LogP contribution in [-0.4, -0.2) is 11.1 Å². The van der Waals surface area contributed by atoms with Gasteiger partial charge in [-0.1, -0.05) is 54.2 Å². The normalized spacial score (nSPS) is 18.6. The zero-order valence-electron chi connectivity index (χ0n) is 11.1. The molecule has 1 heterocycles. The number of benzene rings is 2. The lowest BCUT2D eigenvalue weighted by molar-refractivity contribution is 0.0978. The third-order valence-corrected chi connectivity index (χ3v) is 4.55. The molecule has 0 radical (unpaired) electrons. The topological polar surface area (TPSA) is 41.5 Å². The highest BCUT2D eigenvalue weighted by Gasteiger charge is 2.32. The van der Waals surface area contributed by atoms with Crippen LogP contribution in [0.1, 0.15) is 27.5 Å². The van der Waals surface area contributed by atoms with Crippen molar-refractivity contribution in [2.45, 2.75) is 6.04 Å². The van der Waals surface area contributed by atoms with Crippen molar-refractivity contribution in [2.24, 2.45) is 4.99 Å². The molecule has 2 aromatic rings. The first-order chi connectivity index (χ1) is 10.3. The minimum absolute atomic E-state index is 0.0530. The molecule has 0 spiro atoms. The number of rotatable bonds is 1. The molecule has 0 fully saturated rings. The van der Waals surface area contributed by atoms with Crippen molar-refractivity contribution in [3.8, 4) is 0 Å². The lowest BCUT2D eigenvalue weighted by atomic mass is 10.1. The van der Waals surface area contributed by atoms with Gasteiger partial charge >= 0.3 is 0 Å². The number of carbonyl (C=O) groups excluding carboxylic acids is 1. The number of hydrogen-bond donors (Lipinski definition) is 1. The van der Waals surface area contributed by atoms with Crippen LogP contribution in [0.25, 0.3) is 6.08 Å². The number of thioether (sulfide) groups is 1. The van der Waals surface area contributed by atoms with Crippen LogP contribution >= 0.6 is 11.8 Å². The van der Waals surface area contributed by atoms with Gasteiger partial charge in [0.2, 0.25) is 0 Å². The van der Waals surface area contributed by atoms with Gasteiger partial charge in [0.15, 0.2) is 5.17 Å². The summed E-state index contributed by atoms with van der Waals surface area (Å²) in [6, 6.07) is 17.5. The van der Waals surface area contributed by atoms with Gasteiger partial charge in [-0.15, -0.1) is 0 Å². The molecule has 2 aliphatic rings. The van der Waals surface area contributed by atoms with Gasteiger partial charge in [0.1, 0.15) is 6.04 Å². The Morgan fingerprint density at radius 2 is 1.81 bits per heavy atom. The molecule has 1 aliphatic heterocycles. The van der Waals surface area contributed by atoms with Crippen LogP contribution in [0, 0.1) is 0 Å². The fraction of sp³-hybridized carbons (Fsp3) is 0.0588. The Morgan fingerprint density at radius 1 is 1.05 bits per heavy atom. The SMILES string of the molecule is O=C(NC1=NC2C(=Cc3ccccc32)S1)c1ccccc1. The van der Waals surface area contributed by atoms with Crippen molar-refractivity contribution in [2.75, 3.05) is 0 Å². The monoisotopic (exact) mass is 292 g/mol. The summed E-state index contributed by atoms with van der Waals surface area (Å²) >= 11 is 1.54. The van der Waals surface area contributed by atoms with Gasteiger partial charge < -0.3 is 5.32 Å². The molecular weight excluding hydrogens is 280 g/mol. The summed E-state index contributed by atoms with van der Waals surface area (Å²) < 4.78 is 0. The first-order valence-corrected chi connectivity index (χ1v) is 7.55. The number of nitrogens with one attached hydrogen (secondary N) is 1. The van der Waals surface area contributed by atoms with E-state index in [0.717, 1.165) is 0 Å². The quantitative estimate of drug-likeness (QED) is 0.872. The average Bonchev–Trinajstić information content (AvgIpc) is 3.05. The van der Waals surface area contributed by atoms with Crippen molar-refractivity contribution in [1.29, 1.82) is 0 Å². The highest BCUT2D eigenvalue weighted by Crippen LogP contribution is 2.47. The third kappa shape index (κ3) is 2.17. The predicted molar refractivity (Wildman–Crippen MR) is 86.1 cm³/mol. The van der Waals surface area contributed by atoms with Crippen molar-refractivity contribution < 1.29 is 4.79 Å². The van der Waals surface area contributed by atoms with E-state index in [4.69, 9.17) is 0 Å². The summed E-state index contributed by atoms with van der Waals surface area (Å²) in [5.41, 5.74) is 3.08. The molecule has 1 amide bonds. The van der Waals surface area contributed by atoms with E-state index in [1.165, 1.54) is 27.8 Å². The second kappa shape index (κ2) is 4.90. The molecule has 2 aromatic carbocycles. The number of carbonyl (C=O) groups is 1. The van der Waals surface area contributed by atoms with E-state index in [9.17, 15) is 4.79 Å². The van der Waals surface area contributed by atoms with Crippen LogP contribution in [0.5, 0.6) is 0 Å². The Balaban J connectivity index is 1.55. The molecule has 4 rings (SSSR count). The van der Waals surface area contributed by atoms with E-state index in [-0.39, 0.29) is 11.9 Å². The minimum Gasteiger partial charge on any atom is -0.301 e. The van der Waals surface area contributed by atoms with Crippen LogP contribution < -0.4 is 5.32 Å². The van der Waals surface area contributed by atoms with Crippen LogP contribution in [0.2, 0.25) is 0 Å². The fourth-order valence-corrected chi connectivity index (χ4v) is 3.57. The largest absolute Gasteiger partial charge is 0.301 e. The molecule has 0 saturated heterocycles. The zero-order chi connectivity index (χ0) is 14.2. The van der Waals surface area contributed by atoms with Gasteiger partial charge in [0.25, 0.3) is 5.91 Å². The van der Waals surface area contributed by atoms with E-state index in [1.54, 1.807) is 12.1 Å². The van der Waals surface area contributed by atoms with Crippen LogP contribution in [-0.2, 0) is 0 Å². The minimum atomic E-state index is -0.115. The lowest BCUT2D eigenvalue weighted by Crippen LogP contribution is -2.27. The number of aliphatic imine (C=N–C) groups is 1. The second-order valence-corrected chi connectivity index (χ2v) is 6.00. The van der Waals surface area contributed by atoms with E-state index in [2.05, 4.69) is 28.5 Å². The molecule has 0 aromatic heterocycles. The van der Waals surface area contributed by atoms with E-state index in [0.29, 0.717) is 10.7 Å². The predicted octanol–water partition coefficient (Wildman–Crippen LogP) is 3.62. The number of amidine groups is 1. The van der Waals surface area contributed by atoms with Crippen molar-refractivity contribution in [3.63, 3.8) is 0 Å². The highest BCUT2D eigenvalue weighted by atomic mass is 32.2. The molecule has 3 nitrogen and oxygen atoms in total. The molecule has 1 unspecified atom stereocenters. The first-order valence-electron chi connectivity index (χ1n) is 6.74. The summed E-state index contributed by atoms with van der Waals surface area (Å²) in [5.74, 6) is -0.115. The van der Waals surface area contributed by atoms with E-state index >= 15 is 0 Å². The van der Waals surface area contributed by atoms with Gasteiger partial charge in [-0.2, -0.15) is 0 Å². The summed E-state index contributed by atoms with van der Waals surface area (Å²) in [6.45, 7) is 0. The molecule has 4 heteroatoms. The lowest BCUT2D eigenvalue weighted by Gasteiger charge is -2.04. The Hall–Kier alpha value is -2.33. The number of fused-ring (bicyclic) bond motifs is 3. The Bertz CT molecular complexity index is 780. The molecular formula is C17H12N2OS. The smallest absolute Gasteiger partial charge is 0.257 e. The zero-order valence-corrected chi connectivity index (χ0v) is 11.9. The second-order valence-electron chi connectivity index (χ2n) is 4.93. The fourth-order valence-electron chi connectivity index (χ4n) is 2.57. The highest BCUT2D eigenvalue weighted by molar-refractivity contribution is 8.17. The maximum absolute atomic E-state index is 12.1. The van der Waals surface area contributed by atoms with Gasteiger partial charge in [0.05, 0.1) is 0 Å². The van der Waals surface area contributed by atoms with Crippen molar-refractivity contribution >= 4 is 28.9 Å².